The predicted octanol–water partition coefficient (Wildman–Crippen LogP) is 3.67. The van der Waals surface area contributed by atoms with E-state index in [1.165, 1.54) is 7.11 Å². The molecule has 1 aromatic heterocycles. The van der Waals surface area contributed by atoms with Crippen LogP contribution in [0.15, 0.2) is 72.6 Å². The number of amides is 4. The normalized spacial score (nSPS) is 14.6. The van der Waals surface area contributed by atoms with E-state index in [2.05, 4.69) is 10.6 Å². The van der Waals surface area contributed by atoms with E-state index in [-0.39, 0.29) is 5.70 Å². The Hall–Kier alpha value is -4.04. The summed E-state index contributed by atoms with van der Waals surface area (Å²) in [6.07, 6.45) is 3.39. The van der Waals surface area contributed by atoms with Gasteiger partial charge in [-0.3, -0.25) is 9.59 Å². The first-order valence-corrected chi connectivity index (χ1v) is 10.0. The fraction of sp³-hybridized carbons (Fsp3) is 0.0870. The Morgan fingerprint density at radius 2 is 1.84 bits per heavy atom. The van der Waals surface area contributed by atoms with Gasteiger partial charge in [0.15, 0.2) is 0 Å². The van der Waals surface area contributed by atoms with Crippen LogP contribution in [0.1, 0.15) is 5.69 Å². The van der Waals surface area contributed by atoms with Gasteiger partial charge in [0, 0.05) is 22.6 Å². The molecule has 2 heterocycles. The molecule has 1 saturated heterocycles. The maximum Gasteiger partial charge on any atom is 0.329 e. The molecule has 0 saturated carbocycles. The van der Waals surface area contributed by atoms with Crippen LogP contribution >= 0.6 is 11.6 Å². The van der Waals surface area contributed by atoms with E-state index >= 15 is 0 Å². The highest BCUT2D eigenvalue weighted by molar-refractivity contribution is 6.30. The van der Waals surface area contributed by atoms with Crippen LogP contribution in [0.3, 0.4) is 0 Å². The number of hydrogen-bond acceptors (Lipinski definition) is 4. The minimum absolute atomic E-state index is 0.0778. The van der Waals surface area contributed by atoms with Crippen LogP contribution in [0.4, 0.5) is 10.5 Å². The summed E-state index contributed by atoms with van der Waals surface area (Å²) < 4.78 is 7.04. The van der Waals surface area contributed by atoms with Gasteiger partial charge in [-0.1, -0.05) is 23.7 Å². The van der Waals surface area contributed by atoms with Crippen molar-refractivity contribution < 1.29 is 19.1 Å². The summed E-state index contributed by atoms with van der Waals surface area (Å²) in [6, 6.07) is 17.0. The van der Waals surface area contributed by atoms with Crippen LogP contribution in [0, 0.1) is 0 Å². The molecular formula is C23H19ClN4O4. The summed E-state index contributed by atoms with van der Waals surface area (Å²) in [5.41, 5.74) is 2.05. The highest BCUT2D eigenvalue weighted by Gasteiger charge is 2.35. The molecule has 0 radical (unpaired) electrons. The van der Waals surface area contributed by atoms with Crippen molar-refractivity contribution in [1.82, 2.24) is 14.8 Å². The maximum atomic E-state index is 12.8. The number of aromatic nitrogens is 1. The number of nitrogens with zero attached hydrogens (tertiary/aromatic N) is 2. The van der Waals surface area contributed by atoms with Crippen molar-refractivity contribution >= 4 is 41.2 Å². The molecular weight excluding hydrogens is 432 g/mol. The van der Waals surface area contributed by atoms with Gasteiger partial charge in [-0.05, 0) is 54.6 Å². The average Bonchev–Trinajstić information content (AvgIpc) is 3.35. The quantitative estimate of drug-likeness (QED) is 0.442. The summed E-state index contributed by atoms with van der Waals surface area (Å²) in [5, 5.41) is 5.80. The zero-order valence-corrected chi connectivity index (χ0v) is 17.8. The summed E-state index contributed by atoms with van der Waals surface area (Å²) >= 11 is 5.95. The Morgan fingerprint density at radius 3 is 2.59 bits per heavy atom. The topological polar surface area (TPSA) is 92.7 Å². The number of benzene rings is 2. The lowest BCUT2D eigenvalue weighted by atomic mass is 10.2. The third kappa shape index (κ3) is 4.35. The molecule has 0 spiro atoms. The summed E-state index contributed by atoms with van der Waals surface area (Å²) in [6.45, 7) is -0.432. The van der Waals surface area contributed by atoms with E-state index in [0.717, 1.165) is 10.6 Å². The lowest BCUT2D eigenvalue weighted by Crippen LogP contribution is -2.38. The Morgan fingerprint density at radius 1 is 1.09 bits per heavy atom. The molecule has 0 bridgehead atoms. The first-order chi connectivity index (χ1) is 15.5. The van der Waals surface area contributed by atoms with E-state index in [1.54, 1.807) is 48.5 Å². The number of ether oxygens (including phenoxy) is 1. The molecule has 1 fully saturated rings. The number of nitrogens with one attached hydrogen (secondary N) is 2. The first-order valence-electron chi connectivity index (χ1n) is 9.67. The van der Waals surface area contributed by atoms with Crippen molar-refractivity contribution in [3.63, 3.8) is 0 Å². The van der Waals surface area contributed by atoms with Gasteiger partial charge in [0.05, 0.1) is 12.8 Å². The summed E-state index contributed by atoms with van der Waals surface area (Å²) in [4.78, 5) is 38.4. The van der Waals surface area contributed by atoms with Crippen LogP contribution in [0.2, 0.25) is 5.02 Å². The third-order valence-corrected chi connectivity index (χ3v) is 5.07. The molecule has 1 aliphatic heterocycles. The summed E-state index contributed by atoms with van der Waals surface area (Å²) in [7, 11) is 1.49. The van der Waals surface area contributed by atoms with Gasteiger partial charge < -0.3 is 19.9 Å². The van der Waals surface area contributed by atoms with Crippen molar-refractivity contribution in [2.45, 2.75) is 0 Å². The van der Waals surface area contributed by atoms with E-state index in [4.69, 9.17) is 16.3 Å². The summed E-state index contributed by atoms with van der Waals surface area (Å²) in [5.74, 6) is -0.639. The zero-order chi connectivity index (χ0) is 22.7. The second-order valence-corrected chi connectivity index (χ2v) is 7.34. The number of anilines is 1. The lowest BCUT2D eigenvalue weighted by Gasteiger charge is -2.13. The highest BCUT2D eigenvalue weighted by atomic mass is 35.5. The van der Waals surface area contributed by atoms with Gasteiger partial charge in [0.1, 0.15) is 18.0 Å². The minimum Gasteiger partial charge on any atom is -0.495 e. The van der Waals surface area contributed by atoms with E-state index in [0.29, 0.717) is 22.2 Å². The smallest absolute Gasteiger partial charge is 0.329 e. The van der Waals surface area contributed by atoms with Gasteiger partial charge in [0.25, 0.3) is 5.91 Å². The van der Waals surface area contributed by atoms with Crippen LogP contribution in [0.25, 0.3) is 11.8 Å². The lowest BCUT2D eigenvalue weighted by molar-refractivity contribution is -0.127. The molecule has 0 aliphatic carbocycles. The number of imide groups is 1. The molecule has 2 aromatic carbocycles. The molecule has 9 heteroatoms. The first kappa shape index (κ1) is 21.2. The Labute approximate surface area is 189 Å². The van der Waals surface area contributed by atoms with Crippen molar-refractivity contribution in [2.24, 2.45) is 0 Å². The Bertz CT molecular complexity index is 1220. The van der Waals surface area contributed by atoms with Crippen LogP contribution in [-0.2, 0) is 9.59 Å². The molecule has 2 N–H and O–H groups in total. The number of methoxy groups -OCH3 is 1. The SMILES string of the molecule is COc1ccccc1NC(=O)CN1C(=O)N/C(=C/c2cccn2-c2ccc(Cl)cc2)C1=O. The van der Waals surface area contributed by atoms with Gasteiger partial charge in [-0.2, -0.15) is 0 Å². The van der Waals surface area contributed by atoms with Crippen molar-refractivity contribution in [3.8, 4) is 11.4 Å². The van der Waals surface area contributed by atoms with Crippen molar-refractivity contribution in [3.05, 3.63) is 83.3 Å². The molecule has 3 aromatic rings. The highest BCUT2D eigenvalue weighted by Crippen LogP contribution is 2.23. The molecule has 4 rings (SSSR count). The van der Waals surface area contributed by atoms with E-state index in [1.807, 2.05) is 29.0 Å². The number of rotatable bonds is 6. The fourth-order valence-electron chi connectivity index (χ4n) is 3.29. The van der Waals surface area contributed by atoms with Crippen LogP contribution in [0.5, 0.6) is 5.75 Å². The number of carbonyl (C=O) groups excluding carboxylic acids is 3. The van der Waals surface area contributed by atoms with Gasteiger partial charge in [0.2, 0.25) is 5.91 Å². The van der Waals surface area contributed by atoms with Gasteiger partial charge in [-0.15, -0.1) is 0 Å². The molecule has 0 atom stereocenters. The molecule has 4 amide bonds. The number of hydrogen-bond donors (Lipinski definition) is 2. The monoisotopic (exact) mass is 450 g/mol. The predicted molar refractivity (Wildman–Crippen MR) is 121 cm³/mol. The number of carbonyl (C=O) groups is 3. The molecule has 0 unspecified atom stereocenters. The van der Waals surface area contributed by atoms with Crippen molar-refractivity contribution in [2.75, 3.05) is 19.0 Å². The fourth-order valence-corrected chi connectivity index (χ4v) is 3.42. The molecule has 8 nitrogen and oxygen atoms in total. The Balaban J connectivity index is 1.50. The number of urea groups is 1. The zero-order valence-electron chi connectivity index (χ0n) is 17.0. The largest absolute Gasteiger partial charge is 0.495 e. The molecule has 162 valence electrons. The van der Waals surface area contributed by atoms with E-state index < -0.39 is 24.4 Å². The van der Waals surface area contributed by atoms with E-state index in [9.17, 15) is 14.4 Å². The Kier molecular flexibility index (Phi) is 5.96. The molecule has 1 aliphatic rings. The van der Waals surface area contributed by atoms with Crippen LogP contribution < -0.4 is 15.4 Å². The number of halogens is 1. The van der Waals surface area contributed by atoms with Crippen LogP contribution in [-0.4, -0.2) is 41.0 Å². The third-order valence-electron chi connectivity index (χ3n) is 4.82. The van der Waals surface area contributed by atoms with Gasteiger partial charge in [-0.25, -0.2) is 9.69 Å². The minimum atomic E-state index is -0.666. The average molecular weight is 451 g/mol. The second-order valence-electron chi connectivity index (χ2n) is 6.91. The number of para-hydroxylation sites is 2. The second kappa shape index (κ2) is 8.99. The van der Waals surface area contributed by atoms with Gasteiger partial charge >= 0.3 is 6.03 Å². The maximum absolute atomic E-state index is 12.8. The standard InChI is InChI=1S/C23H19ClN4O4/c1-32-20-7-3-2-6-18(20)25-21(29)14-28-22(30)19(26-23(28)31)13-17-5-4-12-27(17)16-10-8-15(24)9-11-16/h2-13H,14H2,1H3,(H,25,29)(H,26,31)/b19-13+. The van der Waals surface area contributed by atoms with Crippen molar-refractivity contribution in [1.29, 1.82) is 0 Å². The molecule has 32 heavy (non-hydrogen) atoms.